The summed E-state index contributed by atoms with van der Waals surface area (Å²) in [6.45, 7) is 53.5. The van der Waals surface area contributed by atoms with E-state index in [0.717, 1.165) is 124 Å². The number of hydrogen-bond donors (Lipinski definition) is 1. The molecule has 0 radical (unpaired) electrons. The van der Waals surface area contributed by atoms with Crippen molar-refractivity contribution in [2.24, 2.45) is 0 Å². The van der Waals surface area contributed by atoms with Crippen LogP contribution < -0.4 is 5.32 Å². The van der Waals surface area contributed by atoms with Crippen molar-refractivity contribution in [1.82, 2.24) is 29.8 Å². The molecular weight excluding hydrogens is 897 g/mol. The van der Waals surface area contributed by atoms with Gasteiger partial charge in [-0.3, -0.25) is 19.4 Å². The average Bonchev–Trinajstić information content (AvgIpc) is 3.17. The molecule has 1 heterocycles. The van der Waals surface area contributed by atoms with Crippen molar-refractivity contribution in [3.8, 4) is 0 Å². The van der Waals surface area contributed by atoms with Crippen molar-refractivity contribution in [2.75, 3.05) is 137 Å². The van der Waals surface area contributed by atoms with E-state index in [2.05, 4.69) is 175 Å². The third-order valence-corrected chi connectivity index (χ3v) is 14.6. The van der Waals surface area contributed by atoms with Gasteiger partial charge in [-0.25, -0.2) is 0 Å². The van der Waals surface area contributed by atoms with Crippen molar-refractivity contribution in [2.45, 2.75) is 194 Å². The lowest BCUT2D eigenvalue weighted by atomic mass is 10.1. The van der Waals surface area contributed by atoms with Crippen LogP contribution in [0.1, 0.15) is 163 Å². The molecule has 0 aliphatic carbocycles. The molecule has 14 heteroatoms. The van der Waals surface area contributed by atoms with E-state index in [-0.39, 0.29) is 38.1 Å². The molecule has 402 valence electrons. The van der Waals surface area contributed by atoms with Crippen LogP contribution in [0.4, 0.5) is 0 Å². The monoisotopic (exact) mass is 1010 g/mol. The Kier molecular flexibility index (Phi) is 36.7. The highest BCUT2D eigenvalue weighted by Crippen LogP contribution is 2.28. The molecule has 1 aliphatic heterocycles. The van der Waals surface area contributed by atoms with Gasteiger partial charge in [0, 0.05) is 99.8 Å². The molecule has 1 rings (SSSR count). The summed E-state index contributed by atoms with van der Waals surface area (Å²) in [6, 6.07) is 0. The first-order valence-corrected chi connectivity index (χ1v) is 28.9. The molecule has 0 aromatic heterocycles. The fraction of sp³-hybridized carbons (Fsp3) is 0.962. The van der Waals surface area contributed by atoms with Gasteiger partial charge in [0.1, 0.15) is 0 Å². The highest BCUT2D eigenvalue weighted by atomic mass is 32.2. The van der Waals surface area contributed by atoms with Gasteiger partial charge < -0.3 is 34.2 Å². The van der Waals surface area contributed by atoms with Crippen LogP contribution in [0.25, 0.3) is 0 Å². The Morgan fingerprint density at radius 3 is 1.43 bits per heavy atom. The zero-order valence-electron chi connectivity index (χ0n) is 48.0. The summed E-state index contributed by atoms with van der Waals surface area (Å²) in [5, 5.41) is 3.00. The Morgan fingerprint density at radius 1 is 0.537 bits per heavy atom. The maximum atomic E-state index is 12.1. The Balaban J connectivity index is 0. The number of carbonyl (C=O) groups excluding carboxylic acids is 2. The Labute approximate surface area is 429 Å². The number of rotatable bonds is 31. The van der Waals surface area contributed by atoms with E-state index in [4.69, 9.17) is 14.2 Å². The van der Waals surface area contributed by atoms with Crippen LogP contribution in [0.3, 0.4) is 0 Å². The summed E-state index contributed by atoms with van der Waals surface area (Å²) < 4.78 is 17.9. The van der Waals surface area contributed by atoms with Crippen LogP contribution in [-0.2, 0) is 23.8 Å². The normalized spacial score (nSPS) is 14.7. The van der Waals surface area contributed by atoms with Crippen molar-refractivity contribution in [3.05, 3.63) is 0 Å². The number of likely N-dealkylation sites (N-methyl/N-ethyl adjacent to an activating group) is 2. The molecule has 2 amide bonds. The van der Waals surface area contributed by atoms with E-state index in [9.17, 15) is 9.59 Å². The quantitative estimate of drug-likeness (QED) is 0.0671. The number of ether oxygens (including phenoxy) is 3. The van der Waals surface area contributed by atoms with Crippen LogP contribution in [0.15, 0.2) is 0 Å². The minimum absolute atomic E-state index is 0.0216. The van der Waals surface area contributed by atoms with Crippen LogP contribution in [0, 0.1) is 0 Å². The van der Waals surface area contributed by atoms with Gasteiger partial charge in [-0.05, 0) is 143 Å². The minimum atomic E-state index is -0.0827. The smallest absolute Gasteiger partial charge is 0.232 e. The zero-order valence-corrected chi connectivity index (χ0v) is 50.4. The molecule has 1 aliphatic rings. The van der Waals surface area contributed by atoms with Gasteiger partial charge in [-0.1, -0.05) is 40.0 Å². The van der Waals surface area contributed by atoms with Crippen LogP contribution in [0.2, 0.25) is 0 Å². The fourth-order valence-electron chi connectivity index (χ4n) is 6.90. The van der Waals surface area contributed by atoms with Gasteiger partial charge in [-0.2, -0.15) is 11.8 Å². The number of carbonyl (C=O) groups is 2. The Morgan fingerprint density at radius 2 is 0.970 bits per heavy atom. The number of nitrogens with one attached hydrogen (secondary N) is 1. The van der Waals surface area contributed by atoms with Crippen molar-refractivity contribution < 1.29 is 23.8 Å². The maximum absolute atomic E-state index is 12.1. The first-order chi connectivity index (χ1) is 30.7. The summed E-state index contributed by atoms with van der Waals surface area (Å²) >= 11 is 5.60. The summed E-state index contributed by atoms with van der Waals surface area (Å²) in [6.07, 6.45) is 6.99. The van der Waals surface area contributed by atoms with E-state index < -0.39 is 0 Å². The largest absolute Gasteiger partial charge is 0.375 e. The number of amides is 2. The summed E-state index contributed by atoms with van der Waals surface area (Å²) in [4.78, 5) is 35.6. The SMILES string of the molecule is CCCCN(C)C(=O)CSC(C)(C)CN(C)CCOC(C)(C)C.CCCCNC(=O)CSC(C)(C)CN1CCN(CCOC(C)(C)C)CC1.CCCCSC(C)(C)CN(C)CCOC(C)(C)C. The lowest BCUT2D eigenvalue weighted by Gasteiger charge is -2.38. The van der Waals surface area contributed by atoms with Crippen molar-refractivity contribution in [1.29, 1.82) is 0 Å². The van der Waals surface area contributed by atoms with Gasteiger partial charge in [0.05, 0.1) is 48.1 Å². The van der Waals surface area contributed by atoms with Gasteiger partial charge in [0.25, 0.3) is 0 Å². The first kappa shape index (κ1) is 68.8. The molecule has 11 nitrogen and oxygen atoms in total. The second kappa shape index (κ2) is 35.8. The lowest BCUT2D eigenvalue weighted by Crippen LogP contribution is -2.50. The summed E-state index contributed by atoms with van der Waals surface area (Å²) in [5.74, 6) is 2.78. The number of nitrogens with zero attached hydrogens (tertiary/aromatic N) is 5. The van der Waals surface area contributed by atoms with Gasteiger partial charge in [0.15, 0.2) is 0 Å². The highest BCUT2D eigenvalue weighted by molar-refractivity contribution is 8.01. The molecule has 0 spiro atoms. The maximum Gasteiger partial charge on any atom is 0.232 e. The number of unbranched alkanes of at least 4 members (excludes halogenated alkanes) is 3. The molecule has 0 unspecified atom stereocenters. The highest BCUT2D eigenvalue weighted by Gasteiger charge is 2.27. The molecule has 0 atom stereocenters. The van der Waals surface area contributed by atoms with Crippen LogP contribution in [0.5, 0.6) is 0 Å². The third kappa shape index (κ3) is 45.3. The van der Waals surface area contributed by atoms with E-state index in [1.165, 1.54) is 18.6 Å². The van der Waals surface area contributed by atoms with Gasteiger partial charge in [0.2, 0.25) is 11.8 Å². The van der Waals surface area contributed by atoms with E-state index >= 15 is 0 Å². The third-order valence-electron chi connectivity index (χ3n) is 10.6. The fourth-order valence-corrected chi connectivity index (χ4v) is 10.1. The molecule has 0 aromatic carbocycles. The first-order valence-electron chi connectivity index (χ1n) is 25.9. The van der Waals surface area contributed by atoms with Crippen LogP contribution in [-0.4, -0.2) is 204 Å². The van der Waals surface area contributed by atoms with E-state index in [1.54, 1.807) is 23.5 Å². The molecule has 1 fully saturated rings. The Hall–Kier alpha value is -0.290. The molecule has 1 N–H and O–H groups in total. The Bertz CT molecular complexity index is 1250. The predicted molar refractivity (Wildman–Crippen MR) is 300 cm³/mol. The molecule has 0 saturated carbocycles. The van der Waals surface area contributed by atoms with Gasteiger partial charge in [-0.15, -0.1) is 23.5 Å². The lowest BCUT2D eigenvalue weighted by molar-refractivity contribution is -0.127. The zero-order chi connectivity index (χ0) is 52.0. The average molecular weight is 1010 g/mol. The topological polar surface area (TPSA) is 90.1 Å². The predicted octanol–water partition coefficient (Wildman–Crippen LogP) is 10.4. The summed E-state index contributed by atoms with van der Waals surface area (Å²) in [5.41, 5.74) is -0.154. The number of thioether (sulfide) groups is 3. The molecular formula is C53H112N6O5S3. The minimum Gasteiger partial charge on any atom is -0.375 e. The molecule has 0 aromatic rings. The second-order valence-electron chi connectivity index (χ2n) is 23.4. The van der Waals surface area contributed by atoms with Crippen LogP contribution >= 0.6 is 35.3 Å². The van der Waals surface area contributed by atoms with Gasteiger partial charge >= 0.3 is 0 Å². The van der Waals surface area contributed by atoms with Crippen molar-refractivity contribution >= 4 is 47.1 Å². The van der Waals surface area contributed by atoms with E-state index in [0.29, 0.717) is 16.3 Å². The second-order valence-corrected chi connectivity index (χ2v) is 28.6. The molecule has 67 heavy (non-hydrogen) atoms. The van der Waals surface area contributed by atoms with Crippen molar-refractivity contribution in [3.63, 3.8) is 0 Å². The number of hydrogen-bond acceptors (Lipinski definition) is 12. The standard InChI is InChI=1S/C20H41N3O2S.C18H38N2O2S.C15H33NOS/c1-7-8-9-21-18(24)16-26-20(5,6)17-23-12-10-22(11-13-23)14-15-25-19(2,3)4;1-9-10-11-20(8)16(21)14-23-18(5,6)15-19(7)12-13-22-17(2,3)4;1-8-9-12-18-15(5,6)13-16(7)10-11-17-14(2,3)4/h7-17H2,1-6H3,(H,21,24);9-15H2,1-8H3;8-13H2,1-7H3. The molecule has 0 bridgehead atoms. The summed E-state index contributed by atoms with van der Waals surface area (Å²) in [7, 11) is 6.21. The van der Waals surface area contributed by atoms with E-state index in [1.807, 2.05) is 11.9 Å². The molecule has 1 saturated heterocycles. The number of piperazine rings is 1.